The van der Waals surface area contributed by atoms with Crippen molar-refractivity contribution in [2.75, 3.05) is 26.4 Å². The molecule has 19 heteroatoms. The molecule has 392 valence electrons. The van der Waals surface area contributed by atoms with Gasteiger partial charge in [-0.15, -0.1) is 0 Å². The van der Waals surface area contributed by atoms with Crippen molar-refractivity contribution in [2.45, 2.75) is 217 Å². The Balaban J connectivity index is 0.953. The molecule has 5 saturated heterocycles. The van der Waals surface area contributed by atoms with E-state index in [1.54, 1.807) is 0 Å². The van der Waals surface area contributed by atoms with Gasteiger partial charge in [0.2, 0.25) is 0 Å². The van der Waals surface area contributed by atoms with Crippen molar-refractivity contribution < 1.29 is 92.7 Å². The third-order valence-electron chi connectivity index (χ3n) is 18.9. The van der Waals surface area contributed by atoms with Gasteiger partial charge < -0.3 is 83.1 Å². The summed E-state index contributed by atoms with van der Waals surface area (Å²) in [7, 11) is 0. The molecule has 0 radical (unpaired) electrons. The SMILES string of the molecule is CC(=O)O[C@H]1[C@H](O[C@H]2CC[C@]3(C)[C@H]4CC[C@@H]5[C@@H]6[C@]7(C[C@@]5(CO7)[C@]4(C)CC[C@H]3C2(C)C)O[C@@H](C=C(C)C)C[C@]6(C)O)OC[C@H](O)[C@@H]1O[C@@H]1O[C@H](CO)[C@@H](O)[C@H](OC(C)=O)[C@H]1O[C@@H]1OC[C@@H](O)[C@H](O)[C@H]1O. The molecule has 0 aromatic heterocycles. The molecule has 0 unspecified atom stereocenters. The first-order valence-electron chi connectivity index (χ1n) is 25.2. The number of allylic oxidation sites excluding steroid dienone is 1. The van der Waals surface area contributed by atoms with Crippen LogP contribution in [0.25, 0.3) is 0 Å². The van der Waals surface area contributed by atoms with Gasteiger partial charge in [-0.2, -0.15) is 0 Å². The van der Waals surface area contributed by atoms with Crippen LogP contribution in [0.1, 0.15) is 114 Å². The molecular weight excluding hydrogens is 905 g/mol. The highest BCUT2D eigenvalue weighted by Gasteiger charge is 2.81. The van der Waals surface area contributed by atoms with E-state index in [0.717, 1.165) is 51.0 Å². The van der Waals surface area contributed by atoms with Crippen LogP contribution < -0.4 is 0 Å². The first-order chi connectivity index (χ1) is 32.3. The van der Waals surface area contributed by atoms with Crippen molar-refractivity contribution in [1.29, 1.82) is 0 Å². The molecule has 5 heterocycles. The van der Waals surface area contributed by atoms with Crippen LogP contribution in [0.15, 0.2) is 11.6 Å². The molecule has 9 fully saturated rings. The molecule has 9 rings (SSSR count). The first kappa shape index (κ1) is 52.0. The number of rotatable bonds is 10. The zero-order valence-corrected chi connectivity index (χ0v) is 41.6. The Morgan fingerprint density at radius 3 is 2.06 bits per heavy atom. The van der Waals surface area contributed by atoms with Crippen molar-refractivity contribution in [3.63, 3.8) is 0 Å². The third kappa shape index (κ3) is 8.46. The van der Waals surface area contributed by atoms with E-state index in [-0.39, 0.29) is 46.7 Å². The molecule has 2 bridgehead atoms. The standard InChI is InChI=1S/C50H78O19/c1-23(2)16-26-17-48(9,59)41-27-10-11-32-46(7)14-13-33(45(5,6)31(46)12-15-47(32,8)49(27)21-50(41,69-26)62-22-49)66-43-39(64-25(4)53)37(29(55)20-61-43)67-44-40(68-42-36(58)34(56)28(54)19-60-42)38(63-24(3)52)35(57)30(18-51)65-44/h16,26-44,51,54-59H,10-15,17-22H2,1-9H3/t26-,27+,28+,29-,30+,31-,32+,33-,34-,35+,36+,37-,38-,39+,40+,41-,42-,43-,44-,46-,47+,48-,49-,50-/m0/s1. The molecule has 0 amide bonds. The van der Waals surface area contributed by atoms with Crippen LogP contribution in [0.3, 0.4) is 0 Å². The largest absolute Gasteiger partial charge is 0.457 e. The molecule has 4 saturated carbocycles. The maximum atomic E-state index is 12.9. The fourth-order valence-corrected chi connectivity index (χ4v) is 16.2. The molecule has 9 aliphatic rings. The molecule has 19 nitrogen and oxygen atoms in total. The average molecular weight is 983 g/mol. The summed E-state index contributed by atoms with van der Waals surface area (Å²) < 4.78 is 62.2. The maximum Gasteiger partial charge on any atom is 0.303 e. The number of hydrogen-bond donors (Lipinski definition) is 7. The van der Waals surface area contributed by atoms with Crippen molar-refractivity contribution >= 4 is 11.9 Å². The summed E-state index contributed by atoms with van der Waals surface area (Å²) in [6, 6.07) is 0. The Labute approximate surface area is 404 Å². The normalized spacial score (nSPS) is 53.2. The zero-order valence-electron chi connectivity index (χ0n) is 41.6. The van der Waals surface area contributed by atoms with Gasteiger partial charge in [0.25, 0.3) is 0 Å². The topological polar surface area (TPSA) is 268 Å². The molecule has 24 atom stereocenters. The van der Waals surface area contributed by atoms with E-state index in [2.05, 4.69) is 47.6 Å². The molecule has 0 aromatic carbocycles. The Morgan fingerprint density at radius 1 is 0.710 bits per heavy atom. The number of ether oxygens (including phenoxy) is 10. The first-order valence-corrected chi connectivity index (χ1v) is 25.2. The molecule has 4 aliphatic carbocycles. The Hall–Kier alpha value is -1.92. The highest BCUT2D eigenvalue weighted by atomic mass is 16.8. The van der Waals surface area contributed by atoms with Gasteiger partial charge >= 0.3 is 11.9 Å². The summed E-state index contributed by atoms with van der Waals surface area (Å²) in [6.07, 6.45) is -12.0. The minimum Gasteiger partial charge on any atom is -0.457 e. The summed E-state index contributed by atoms with van der Waals surface area (Å²) in [5.74, 6) is -1.65. The highest BCUT2D eigenvalue weighted by molar-refractivity contribution is 5.66. The number of aliphatic hydroxyl groups excluding tert-OH is 6. The van der Waals surface area contributed by atoms with Crippen LogP contribution >= 0.6 is 0 Å². The lowest BCUT2D eigenvalue weighted by Crippen LogP contribution is -2.68. The van der Waals surface area contributed by atoms with Gasteiger partial charge in [0, 0.05) is 38.0 Å². The second-order valence-corrected chi connectivity index (χ2v) is 23.7. The number of hydrogen-bond acceptors (Lipinski definition) is 19. The van der Waals surface area contributed by atoms with Crippen molar-refractivity contribution in [1.82, 2.24) is 0 Å². The number of carbonyl (C=O) groups is 2. The van der Waals surface area contributed by atoms with E-state index in [1.807, 2.05) is 6.92 Å². The Kier molecular flexibility index (Phi) is 13.9. The monoisotopic (exact) mass is 983 g/mol. The van der Waals surface area contributed by atoms with Crippen LogP contribution in [0.2, 0.25) is 0 Å². The predicted octanol–water partition coefficient (Wildman–Crippen LogP) is 1.75. The van der Waals surface area contributed by atoms with E-state index < -0.39 is 128 Å². The molecular formula is C50H78O19. The quantitative estimate of drug-likeness (QED) is 0.0934. The van der Waals surface area contributed by atoms with E-state index >= 15 is 0 Å². The second kappa shape index (κ2) is 18.5. The summed E-state index contributed by atoms with van der Waals surface area (Å²) in [5.41, 5.74) is -0.513. The van der Waals surface area contributed by atoms with Gasteiger partial charge in [-0.05, 0) is 93.3 Å². The number of fused-ring (bicyclic) bond motifs is 4. The van der Waals surface area contributed by atoms with E-state index in [9.17, 15) is 45.3 Å². The van der Waals surface area contributed by atoms with Crippen molar-refractivity contribution in [2.24, 2.45) is 45.3 Å². The maximum absolute atomic E-state index is 12.9. The minimum absolute atomic E-state index is 0.0740. The van der Waals surface area contributed by atoms with Gasteiger partial charge in [0.05, 0.1) is 44.2 Å². The van der Waals surface area contributed by atoms with Crippen LogP contribution in [-0.4, -0.2) is 178 Å². The summed E-state index contributed by atoms with van der Waals surface area (Å²) in [6.45, 7) is 16.9. The molecule has 7 N–H and O–H groups in total. The van der Waals surface area contributed by atoms with Crippen LogP contribution in [0.4, 0.5) is 0 Å². The summed E-state index contributed by atoms with van der Waals surface area (Å²) in [5, 5.41) is 76.6. The fraction of sp³-hybridized carbons (Fsp3) is 0.920. The Bertz CT molecular complexity index is 1940. The third-order valence-corrected chi connectivity index (χ3v) is 18.9. The second-order valence-electron chi connectivity index (χ2n) is 23.7. The van der Waals surface area contributed by atoms with Crippen LogP contribution in [0.5, 0.6) is 0 Å². The smallest absolute Gasteiger partial charge is 0.303 e. The van der Waals surface area contributed by atoms with Gasteiger partial charge in [0.1, 0.15) is 42.7 Å². The van der Waals surface area contributed by atoms with Gasteiger partial charge in [-0.1, -0.05) is 39.3 Å². The zero-order chi connectivity index (χ0) is 50.0. The molecule has 5 aliphatic heterocycles. The van der Waals surface area contributed by atoms with Gasteiger partial charge in [-0.3, -0.25) is 9.59 Å². The van der Waals surface area contributed by atoms with Crippen molar-refractivity contribution in [3.8, 4) is 0 Å². The van der Waals surface area contributed by atoms with Gasteiger partial charge in [-0.25, -0.2) is 0 Å². The predicted molar refractivity (Wildman–Crippen MR) is 238 cm³/mol. The number of aliphatic hydroxyl groups is 7. The lowest BCUT2D eigenvalue weighted by Gasteiger charge is -2.70. The molecule has 0 aromatic rings. The van der Waals surface area contributed by atoms with Crippen LogP contribution in [-0.2, 0) is 57.0 Å². The van der Waals surface area contributed by atoms with Gasteiger partial charge in [0.15, 0.2) is 43.0 Å². The lowest BCUT2D eigenvalue weighted by molar-refractivity contribution is -0.381. The summed E-state index contributed by atoms with van der Waals surface area (Å²) >= 11 is 0. The average Bonchev–Trinajstić information content (AvgIpc) is 3.78. The molecule has 69 heavy (non-hydrogen) atoms. The summed E-state index contributed by atoms with van der Waals surface area (Å²) in [4.78, 5) is 25.3. The van der Waals surface area contributed by atoms with E-state index in [1.165, 1.54) is 6.92 Å². The van der Waals surface area contributed by atoms with Crippen LogP contribution in [0, 0.1) is 45.3 Å². The lowest BCUT2D eigenvalue weighted by atomic mass is 9.35. The number of carbonyl (C=O) groups excluding carboxylic acids is 2. The minimum atomic E-state index is -1.81. The van der Waals surface area contributed by atoms with Crippen molar-refractivity contribution in [3.05, 3.63) is 11.6 Å². The Morgan fingerprint density at radius 2 is 1.38 bits per heavy atom. The number of esters is 2. The van der Waals surface area contributed by atoms with E-state index in [4.69, 9.17) is 47.4 Å². The molecule has 2 spiro atoms. The van der Waals surface area contributed by atoms with E-state index in [0.29, 0.717) is 25.4 Å². The fourth-order valence-electron chi connectivity index (χ4n) is 16.2. The highest BCUT2D eigenvalue weighted by Crippen LogP contribution is 2.80.